The fraction of sp³-hybridized carbons (Fsp3) is 0.188. The van der Waals surface area contributed by atoms with E-state index in [1.807, 2.05) is 18.2 Å². The molecule has 0 aliphatic rings. The van der Waals surface area contributed by atoms with Gasteiger partial charge in [-0.05, 0) is 42.3 Å². The molecule has 1 atom stereocenters. The van der Waals surface area contributed by atoms with Gasteiger partial charge in [0.05, 0.1) is 16.6 Å². The second-order valence-electron chi connectivity index (χ2n) is 4.72. The molecule has 110 valence electrons. The highest BCUT2D eigenvalue weighted by molar-refractivity contribution is 9.10. The smallest absolute Gasteiger partial charge is 0.250 e. The van der Waals surface area contributed by atoms with Crippen LogP contribution in [0.25, 0.3) is 0 Å². The monoisotopic (exact) mass is 366 g/mol. The summed E-state index contributed by atoms with van der Waals surface area (Å²) in [4.78, 5) is 11.2. The lowest BCUT2D eigenvalue weighted by molar-refractivity contribution is 0.100. The van der Waals surface area contributed by atoms with Crippen LogP contribution >= 0.6 is 27.5 Å². The molecular weight excluding hydrogens is 352 g/mol. The Bertz CT molecular complexity index is 660. The number of amides is 1. The molecule has 0 aliphatic heterocycles. The SMILES string of the molecule is CCC(Nc1ccc(C(N)=O)c(Cl)c1)c1cccc(Br)c1. The molecule has 0 bridgehead atoms. The third kappa shape index (κ3) is 3.99. The molecule has 0 radical (unpaired) electrons. The number of halogens is 2. The third-order valence-corrected chi connectivity index (χ3v) is 4.04. The number of primary amides is 1. The maximum atomic E-state index is 11.2. The Morgan fingerprint density at radius 3 is 2.67 bits per heavy atom. The molecule has 0 saturated heterocycles. The summed E-state index contributed by atoms with van der Waals surface area (Å²) in [5, 5.41) is 3.78. The number of hydrogen-bond acceptors (Lipinski definition) is 2. The summed E-state index contributed by atoms with van der Waals surface area (Å²) < 4.78 is 1.04. The molecule has 21 heavy (non-hydrogen) atoms. The van der Waals surface area contributed by atoms with Gasteiger partial charge in [-0.2, -0.15) is 0 Å². The maximum Gasteiger partial charge on any atom is 0.250 e. The number of nitrogens with two attached hydrogens (primary N) is 1. The average molecular weight is 368 g/mol. The van der Waals surface area contributed by atoms with Crippen LogP contribution < -0.4 is 11.1 Å². The number of nitrogens with one attached hydrogen (secondary N) is 1. The predicted molar refractivity (Wildman–Crippen MR) is 90.8 cm³/mol. The van der Waals surface area contributed by atoms with Crippen molar-refractivity contribution in [2.45, 2.75) is 19.4 Å². The Morgan fingerprint density at radius 1 is 1.33 bits per heavy atom. The number of hydrogen-bond donors (Lipinski definition) is 2. The predicted octanol–water partition coefficient (Wildman–Crippen LogP) is 4.76. The molecule has 0 saturated carbocycles. The summed E-state index contributed by atoms with van der Waals surface area (Å²) in [6, 6.07) is 13.5. The molecule has 3 nitrogen and oxygen atoms in total. The summed E-state index contributed by atoms with van der Waals surface area (Å²) in [6.45, 7) is 2.11. The van der Waals surface area contributed by atoms with Gasteiger partial charge in [-0.3, -0.25) is 4.79 Å². The van der Waals surface area contributed by atoms with Gasteiger partial charge in [0, 0.05) is 10.2 Å². The zero-order chi connectivity index (χ0) is 15.4. The normalized spacial score (nSPS) is 12.0. The van der Waals surface area contributed by atoms with Gasteiger partial charge in [-0.25, -0.2) is 0 Å². The molecule has 3 N–H and O–H groups in total. The summed E-state index contributed by atoms with van der Waals surface area (Å²) in [7, 11) is 0. The van der Waals surface area contributed by atoms with Crippen LogP contribution in [-0.4, -0.2) is 5.91 Å². The number of carbonyl (C=O) groups excluding carboxylic acids is 1. The van der Waals surface area contributed by atoms with Crippen LogP contribution in [0.3, 0.4) is 0 Å². The minimum Gasteiger partial charge on any atom is -0.378 e. The van der Waals surface area contributed by atoms with Crippen molar-refractivity contribution in [3.63, 3.8) is 0 Å². The van der Waals surface area contributed by atoms with Crippen molar-refractivity contribution in [1.82, 2.24) is 0 Å². The second kappa shape index (κ2) is 6.96. The van der Waals surface area contributed by atoms with Crippen LogP contribution in [0.4, 0.5) is 5.69 Å². The van der Waals surface area contributed by atoms with Crippen molar-refractivity contribution in [3.8, 4) is 0 Å². The van der Waals surface area contributed by atoms with Crippen LogP contribution in [0.5, 0.6) is 0 Å². The van der Waals surface area contributed by atoms with Crippen molar-refractivity contribution >= 4 is 39.1 Å². The van der Waals surface area contributed by atoms with E-state index in [1.54, 1.807) is 12.1 Å². The summed E-state index contributed by atoms with van der Waals surface area (Å²) in [5.74, 6) is -0.523. The first-order valence-electron chi connectivity index (χ1n) is 6.62. The van der Waals surface area contributed by atoms with Gasteiger partial charge in [0.1, 0.15) is 0 Å². The van der Waals surface area contributed by atoms with E-state index in [2.05, 4.69) is 40.3 Å². The molecule has 0 spiro atoms. The van der Waals surface area contributed by atoms with E-state index >= 15 is 0 Å². The van der Waals surface area contributed by atoms with E-state index in [0.29, 0.717) is 10.6 Å². The summed E-state index contributed by atoms with van der Waals surface area (Å²) >= 11 is 9.56. The number of carbonyl (C=O) groups is 1. The van der Waals surface area contributed by atoms with Gasteiger partial charge in [-0.1, -0.05) is 46.6 Å². The van der Waals surface area contributed by atoms with E-state index in [-0.39, 0.29) is 6.04 Å². The molecule has 0 fully saturated rings. The molecule has 0 heterocycles. The molecule has 5 heteroatoms. The van der Waals surface area contributed by atoms with Crippen molar-refractivity contribution in [2.24, 2.45) is 5.73 Å². The second-order valence-corrected chi connectivity index (χ2v) is 6.04. The van der Waals surface area contributed by atoms with Crippen LogP contribution in [0.15, 0.2) is 46.9 Å². The first-order chi connectivity index (χ1) is 10.0. The number of rotatable bonds is 5. The maximum absolute atomic E-state index is 11.2. The van der Waals surface area contributed by atoms with Crippen molar-refractivity contribution in [3.05, 3.63) is 63.1 Å². The molecule has 2 aromatic rings. The first-order valence-corrected chi connectivity index (χ1v) is 7.79. The largest absolute Gasteiger partial charge is 0.378 e. The lowest BCUT2D eigenvalue weighted by atomic mass is 10.0. The minimum absolute atomic E-state index is 0.165. The zero-order valence-electron chi connectivity index (χ0n) is 11.6. The third-order valence-electron chi connectivity index (χ3n) is 3.23. The fourth-order valence-electron chi connectivity index (χ4n) is 2.15. The van der Waals surface area contributed by atoms with Crippen LogP contribution in [0.2, 0.25) is 5.02 Å². The number of anilines is 1. The summed E-state index contributed by atoms with van der Waals surface area (Å²) in [6.07, 6.45) is 0.922. The highest BCUT2D eigenvalue weighted by Gasteiger charge is 2.12. The average Bonchev–Trinajstić information content (AvgIpc) is 2.44. The van der Waals surface area contributed by atoms with E-state index in [4.69, 9.17) is 17.3 Å². The van der Waals surface area contributed by atoms with Gasteiger partial charge in [0.2, 0.25) is 5.91 Å². The zero-order valence-corrected chi connectivity index (χ0v) is 13.9. The molecular formula is C16H16BrClN2O. The van der Waals surface area contributed by atoms with E-state index < -0.39 is 5.91 Å². The summed E-state index contributed by atoms with van der Waals surface area (Å²) in [5.41, 5.74) is 7.62. The lowest BCUT2D eigenvalue weighted by Gasteiger charge is -2.19. The lowest BCUT2D eigenvalue weighted by Crippen LogP contribution is -2.13. The molecule has 0 aliphatic carbocycles. The first kappa shape index (κ1) is 15.9. The molecule has 2 rings (SSSR count). The highest BCUT2D eigenvalue weighted by atomic mass is 79.9. The molecule has 1 amide bonds. The number of benzene rings is 2. The Labute approximate surface area is 137 Å². The van der Waals surface area contributed by atoms with Crippen LogP contribution in [0.1, 0.15) is 35.3 Å². The molecule has 1 unspecified atom stereocenters. The minimum atomic E-state index is -0.523. The standard InChI is InChI=1S/C16H16BrClN2O/c1-2-15(10-4-3-5-11(17)8-10)20-12-6-7-13(16(19)21)14(18)9-12/h3-9,15,20H,2H2,1H3,(H2,19,21). The van der Waals surface area contributed by atoms with Crippen molar-refractivity contribution in [1.29, 1.82) is 0 Å². The van der Waals surface area contributed by atoms with Gasteiger partial charge < -0.3 is 11.1 Å². The molecule has 2 aromatic carbocycles. The Hall–Kier alpha value is -1.52. The van der Waals surface area contributed by atoms with Crippen molar-refractivity contribution in [2.75, 3.05) is 5.32 Å². The Morgan fingerprint density at radius 2 is 2.10 bits per heavy atom. The van der Waals surface area contributed by atoms with Crippen LogP contribution in [0, 0.1) is 0 Å². The molecule has 0 aromatic heterocycles. The quantitative estimate of drug-likeness (QED) is 0.800. The van der Waals surface area contributed by atoms with Crippen molar-refractivity contribution < 1.29 is 4.79 Å². The van der Waals surface area contributed by atoms with Gasteiger partial charge in [0.25, 0.3) is 0 Å². The Balaban J connectivity index is 2.23. The van der Waals surface area contributed by atoms with E-state index in [1.165, 1.54) is 5.56 Å². The van der Waals surface area contributed by atoms with Gasteiger partial charge >= 0.3 is 0 Å². The topological polar surface area (TPSA) is 55.1 Å². The van der Waals surface area contributed by atoms with E-state index in [0.717, 1.165) is 16.6 Å². The van der Waals surface area contributed by atoms with Crippen LogP contribution in [-0.2, 0) is 0 Å². The van der Waals surface area contributed by atoms with Gasteiger partial charge in [0.15, 0.2) is 0 Å². The van der Waals surface area contributed by atoms with Gasteiger partial charge in [-0.15, -0.1) is 0 Å². The highest BCUT2D eigenvalue weighted by Crippen LogP contribution is 2.27. The van der Waals surface area contributed by atoms with E-state index in [9.17, 15) is 4.79 Å². The fourth-order valence-corrected chi connectivity index (χ4v) is 2.84. The Kier molecular flexibility index (Phi) is 5.26.